The molecule has 0 radical (unpaired) electrons. The van der Waals surface area contributed by atoms with Gasteiger partial charge in [0, 0.05) is 39.2 Å². The van der Waals surface area contributed by atoms with E-state index >= 15 is 0 Å². The van der Waals surface area contributed by atoms with E-state index in [-0.39, 0.29) is 36.1 Å². The van der Waals surface area contributed by atoms with Crippen molar-refractivity contribution in [3.8, 4) is 5.75 Å². The largest absolute Gasteiger partial charge is 0.494 e. The first-order chi connectivity index (χ1) is 11.8. The number of amides is 3. The van der Waals surface area contributed by atoms with E-state index in [9.17, 15) is 24.5 Å². The van der Waals surface area contributed by atoms with Gasteiger partial charge in [0.25, 0.3) is 5.69 Å². The van der Waals surface area contributed by atoms with Crippen LogP contribution in [-0.4, -0.2) is 65.7 Å². The molecule has 1 fully saturated rings. The van der Waals surface area contributed by atoms with Gasteiger partial charge in [-0.3, -0.25) is 24.5 Å². The minimum Gasteiger partial charge on any atom is -0.494 e. The fraction of sp³-hybridized carbons (Fsp3) is 0.400. The van der Waals surface area contributed by atoms with Crippen LogP contribution in [0, 0.1) is 10.1 Å². The van der Waals surface area contributed by atoms with Crippen LogP contribution in [0.3, 0.4) is 0 Å². The maximum atomic E-state index is 12.2. The monoisotopic (exact) mass is 350 g/mol. The molecule has 0 spiro atoms. The molecule has 134 valence electrons. The van der Waals surface area contributed by atoms with Crippen molar-refractivity contribution in [2.24, 2.45) is 0 Å². The van der Waals surface area contributed by atoms with Gasteiger partial charge in [-0.25, -0.2) is 0 Å². The summed E-state index contributed by atoms with van der Waals surface area (Å²) in [5.74, 6) is -1.60. The molecular weight excluding hydrogens is 332 g/mol. The number of nitro groups is 1. The first kappa shape index (κ1) is 18.2. The average Bonchev–Trinajstić information content (AvgIpc) is 2.61. The Kier molecular flexibility index (Phi) is 5.52. The number of carbonyl (C=O) groups is 3. The van der Waals surface area contributed by atoms with Crippen LogP contribution in [0.5, 0.6) is 5.75 Å². The lowest BCUT2D eigenvalue weighted by Crippen LogP contribution is -2.52. The second kappa shape index (κ2) is 7.60. The Balaban J connectivity index is 2.03. The SMILES string of the molecule is COc1cc([N+](=O)[O-])ccc1NC(=O)C(=O)N1CCN(C(C)=O)CC1. The number of rotatable bonds is 3. The lowest BCUT2D eigenvalue weighted by atomic mass is 10.2. The molecular formula is C15H18N4O6. The normalized spacial score (nSPS) is 14.0. The van der Waals surface area contributed by atoms with Crippen LogP contribution in [0.2, 0.25) is 0 Å². The highest BCUT2D eigenvalue weighted by atomic mass is 16.6. The molecule has 2 rings (SSSR count). The van der Waals surface area contributed by atoms with E-state index in [4.69, 9.17) is 4.74 Å². The van der Waals surface area contributed by atoms with Gasteiger partial charge in [0.1, 0.15) is 5.75 Å². The molecule has 25 heavy (non-hydrogen) atoms. The van der Waals surface area contributed by atoms with Gasteiger partial charge in [-0.2, -0.15) is 0 Å². The van der Waals surface area contributed by atoms with Crippen LogP contribution in [-0.2, 0) is 14.4 Å². The Morgan fingerprint density at radius 3 is 2.28 bits per heavy atom. The van der Waals surface area contributed by atoms with E-state index in [0.717, 1.165) is 6.07 Å². The van der Waals surface area contributed by atoms with Crippen LogP contribution < -0.4 is 10.1 Å². The van der Waals surface area contributed by atoms with Crippen molar-refractivity contribution in [3.05, 3.63) is 28.3 Å². The summed E-state index contributed by atoms with van der Waals surface area (Å²) < 4.78 is 5.01. The predicted molar refractivity (Wildman–Crippen MR) is 87.1 cm³/mol. The molecule has 0 unspecified atom stereocenters. The Bertz CT molecular complexity index is 712. The maximum absolute atomic E-state index is 12.2. The van der Waals surface area contributed by atoms with Crippen LogP contribution in [0.4, 0.5) is 11.4 Å². The van der Waals surface area contributed by atoms with Gasteiger partial charge in [-0.1, -0.05) is 0 Å². The number of piperazine rings is 1. The van der Waals surface area contributed by atoms with E-state index in [1.165, 1.54) is 31.1 Å². The molecule has 0 aromatic heterocycles. The smallest absolute Gasteiger partial charge is 0.314 e. The molecule has 3 amide bonds. The summed E-state index contributed by atoms with van der Waals surface area (Å²) in [5.41, 5.74) is -0.0321. The Labute approximate surface area is 143 Å². The van der Waals surface area contributed by atoms with E-state index in [0.29, 0.717) is 13.1 Å². The number of non-ortho nitro benzene ring substituents is 1. The van der Waals surface area contributed by atoms with E-state index in [1.54, 1.807) is 4.90 Å². The summed E-state index contributed by atoms with van der Waals surface area (Å²) in [7, 11) is 1.30. The fourth-order valence-corrected chi connectivity index (χ4v) is 2.44. The number of carbonyl (C=O) groups excluding carboxylic acids is 3. The highest BCUT2D eigenvalue weighted by Crippen LogP contribution is 2.29. The van der Waals surface area contributed by atoms with E-state index in [2.05, 4.69) is 5.32 Å². The van der Waals surface area contributed by atoms with Gasteiger partial charge >= 0.3 is 11.8 Å². The van der Waals surface area contributed by atoms with Crippen molar-refractivity contribution in [2.75, 3.05) is 38.6 Å². The van der Waals surface area contributed by atoms with Crippen molar-refractivity contribution in [3.63, 3.8) is 0 Å². The quantitative estimate of drug-likeness (QED) is 0.473. The van der Waals surface area contributed by atoms with E-state index < -0.39 is 16.7 Å². The fourth-order valence-electron chi connectivity index (χ4n) is 2.44. The number of hydrogen-bond acceptors (Lipinski definition) is 6. The summed E-state index contributed by atoms with van der Waals surface area (Å²) in [6.07, 6.45) is 0. The summed E-state index contributed by atoms with van der Waals surface area (Å²) in [6, 6.07) is 3.66. The van der Waals surface area contributed by atoms with Crippen molar-refractivity contribution >= 4 is 29.1 Å². The minimum absolute atomic E-state index is 0.0767. The molecule has 1 aromatic rings. The molecule has 1 N–H and O–H groups in total. The van der Waals surface area contributed by atoms with Crippen molar-refractivity contribution < 1.29 is 24.0 Å². The number of nitrogens with one attached hydrogen (secondary N) is 1. The Morgan fingerprint density at radius 2 is 1.76 bits per heavy atom. The topological polar surface area (TPSA) is 122 Å². The molecule has 1 aliphatic rings. The first-order valence-corrected chi connectivity index (χ1v) is 7.51. The molecule has 10 heteroatoms. The number of nitro benzene ring substituents is 1. The average molecular weight is 350 g/mol. The summed E-state index contributed by atoms with van der Waals surface area (Å²) >= 11 is 0. The molecule has 1 aromatic carbocycles. The lowest BCUT2D eigenvalue weighted by molar-refractivity contribution is -0.384. The summed E-state index contributed by atoms with van der Waals surface area (Å²) in [6.45, 7) is 2.72. The third-order valence-electron chi connectivity index (χ3n) is 3.85. The number of anilines is 1. The lowest BCUT2D eigenvalue weighted by Gasteiger charge is -2.33. The van der Waals surface area contributed by atoms with Gasteiger partial charge < -0.3 is 19.9 Å². The molecule has 0 saturated carbocycles. The van der Waals surface area contributed by atoms with Crippen LogP contribution in [0.25, 0.3) is 0 Å². The first-order valence-electron chi connectivity index (χ1n) is 7.51. The Hall–Kier alpha value is -3.17. The van der Waals surface area contributed by atoms with Crippen LogP contribution in [0.1, 0.15) is 6.92 Å². The molecule has 0 aliphatic carbocycles. The van der Waals surface area contributed by atoms with Crippen molar-refractivity contribution in [1.82, 2.24) is 9.80 Å². The number of benzene rings is 1. The van der Waals surface area contributed by atoms with Gasteiger partial charge in [-0.15, -0.1) is 0 Å². The molecule has 1 heterocycles. The zero-order valence-corrected chi connectivity index (χ0v) is 13.9. The van der Waals surface area contributed by atoms with Gasteiger partial charge in [-0.05, 0) is 6.07 Å². The number of nitrogens with zero attached hydrogens (tertiary/aromatic N) is 3. The second-order valence-electron chi connectivity index (χ2n) is 5.39. The van der Waals surface area contributed by atoms with E-state index in [1.807, 2.05) is 0 Å². The highest BCUT2D eigenvalue weighted by Gasteiger charge is 2.27. The molecule has 1 aliphatic heterocycles. The predicted octanol–water partition coefficient (Wildman–Crippen LogP) is 0.233. The standard InChI is InChI=1S/C15H18N4O6/c1-10(20)17-5-7-18(8-6-17)15(22)14(21)16-12-4-3-11(19(23)24)9-13(12)25-2/h3-4,9H,5-8H2,1-2H3,(H,16,21). The number of methoxy groups -OCH3 is 1. The van der Waals surface area contributed by atoms with Gasteiger partial charge in [0.2, 0.25) is 5.91 Å². The zero-order chi connectivity index (χ0) is 18.6. The molecule has 0 atom stereocenters. The number of hydrogen-bond donors (Lipinski definition) is 1. The Morgan fingerprint density at radius 1 is 1.16 bits per heavy atom. The van der Waals surface area contributed by atoms with Gasteiger partial charge in [0.05, 0.1) is 23.8 Å². The second-order valence-corrected chi connectivity index (χ2v) is 5.39. The van der Waals surface area contributed by atoms with Gasteiger partial charge in [0.15, 0.2) is 0 Å². The van der Waals surface area contributed by atoms with Crippen molar-refractivity contribution in [1.29, 1.82) is 0 Å². The third kappa shape index (κ3) is 4.22. The molecule has 0 bridgehead atoms. The number of ether oxygens (including phenoxy) is 1. The van der Waals surface area contributed by atoms with Crippen molar-refractivity contribution in [2.45, 2.75) is 6.92 Å². The summed E-state index contributed by atoms with van der Waals surface area (Å²) in [4.78, 5) is 48.8. The van der Waals surface area contributed by atoms with Crippen LogP contribution in [0.15, 0.2) is 18.2 Å². The molecule has 10 nitrogen and oxygen atoms in total. The van der Waals surface area contributed by atoms with Crippen LogP contribution >= 0.6 is 0 Å². The minimum atomic E-state index is -0.872. The third-order valence-corrected chi connectivity index (χ3v) is 3.85. The zero-order valence-electron chi connectivity index (χ0n) is 13.9. The molecule has 1 saturated heterocycles. The highest BCUT2D eigenvalue weighted by molar-refractivity contribution is 6.39. The maximum Gasteiger partial charge on any atom is 0.314 e. The summed E-state index contributed by atoms with van der Waals surface area (Å²) in [5, 5.41) is 13.2.